The lowest BCUT2D eigenvalue weighted by atomic mass is 9.86. The van der Waals surface area contributed by atoms with Crippen molar-refractivity contribution >= 4 is 5.96 Å². The van der Waals surface area contributed by atoms with Gasteiger partial charge in [0.25, 0.3) is 0 Å². The molecule has 0 amide bonds. The van der Waals surface area contributed by atoms with Gasteiger partial charge >= 0.3 is 0 Å². The van der Waals surface area contributed by atoms with Crippen LogP contribution in [0.15, 0.2) is 47.7 Å². The second-order valence-electron chi connectivity index (χ2n) is 7.25. The SMILES string of the molecule is CN=C(NCCCn1cccn1)NCCc1ccc(C(C)(C)C)cc1. The fourth-order valence-corrected chi connectivity index (χ4v) is 2.60. The van der Waals surface area contributed by atoms with E-state index in [9.17, 15) is 0 Å². The Labute approximate surface area is 151 Å². The number of nitrogens with one attached hydrogen (secondary N) is 2. The minimum absolute atomic E-state index is 0.207. The third-order valence-electron chi connectivity index (χ3n) is 4.17. The van der Waals surface area contributed by atoms with Crippen molar-refractivity contribution in [3.8, 4) is 0 Å². The normalized spacial score (nSPS) is 12.2. The molecule has 5 heteroatoms. The van der Waals surface area contributed by atoms with E-state index in [0.717, 1.165) is 38.4 Å². The van der Waals surface area contributed by atoms with Gasteiger partial charge in [0, 0.05) is 39.1 Å². The number of hydrogen-bond donors (Lipinski definition) is 2. The van der Waals surface area contributed by atoms with Gasteiger partial charge in [0.15, 0.2) is 5.96 Å². The standard InChI is InChI=1S/C20H31N5/c1-20(2,3)18-9-7-17(8-10-18)11-14-23-19(21-4)22-12-5-15-25-16-6-13-24-25/h6-10,13,16H,5,11-12,14-15H2,1-4H3,(H2,21,22,23). The Hall–Kier alpha value is -2.30. The quantitative estimate of drug-likeness (QED) is 0.462. The highest BCUT2D eigenvalue weighted by Crippen LogP contribution is 2.22. The molecule has 1 aromatic carbocycles. The summed E-state index contributed by atoms with van der Waals surface area (Å²) in [6.07, 6.45) is 5.79. The molecule has 136 valence electrons. The molecule has 0 unspecified atom stereocenters. The van der Waals surface area contributed by atoms with Gasteiger partial charge in [0.1, 0.15) is 0 Å². The van der Waals surface area contributed by atoms with Crippen molar-refractivity contribution in [2.75, 3.05) is 20.1 Å². The van der Waals surface area contributed by atoms with Crippen molar-refractivity contribution in [3.05, 3.63) is 53.9 Å². The van der Waals surface area contributed by atoms with E-state index in [1.807, 2.05) is 23.1 Å². The fourth-order valence-electron chi connectivity index (χ4n) is 2.60. The summed E-state index contributed by atoms with van der Waals surface area (Å²) >= 11 is 0. The van der Waals surface area contributed by atoms with Crippen LogP contribution in [0.2, 0.25) is 0 Å². The highest BCUT2D eigenvalue weighted by Gasteiger charge is 2.12. The summed E-state index contributed by atoms with van der Waals surface area (Å²) in [5, 5.41) is 10.9. The van der Waals surface area contributed by atoms with Gasteiger partial charge in [-0.15, -0.1) is 0 Å². The van der Waals surface area contributed by atoms with Crippen LogP contribution in [0.4, 0.5) is 0 Å². The molecule has 0 aliphatic carbocycles. The van der Waals surface area contributed by atoms with Crippen molar-refractivity contribution in [3.63, 3.8) is 0 Å². The Morgan fingerprint density at radius 1 is 1.12 bits per heavy atom. The van der Waals surface area contributed by atoms with Crippen LogP contribution in [0.5, 0.6) is 0 Å². The first-order chi connectivity index (χ1) is 12.0. The van der Waals surface area contributed by atoms with E-state index in [1.165, 1.54) is 11.1 Å². The topological polar surface area (TPSA) is 54.2 Å². The molecule has 0 bridgehead atoms. The third kappa shape index (κ3) is 6.61. The van der Waals surface area contributed by atoms with Gasteiger partial charge < -0.3 is 10.6 Å². The summed E-state index contributed by atoms with van der Waals surface area (Å²) in [7, 11) is 1.81. The van der Waals surface area contributed by atoms with Gasteiger partial charge in [-0.1, -0.05) is 45.0 Å². The number of guanidine groups is 1. The third-order valence-corrected chi connectivity index (χ3v) is 4.17. The van der Waals surface area contributed by atoms with Crippen LogP contribution < -0.4 is 10.6 Å². The van der Waals surface area contributed by atoms with Crippen LogP contribution in [0.25, 0.3) is 0 Å². The van der Waals surface area contributed by atoms with Crippen molar-refractivity contribution in [1.82, 2.24) is 20.4 Å². The molecule has 2 rings (SSSR count). The summed E-state index contributed by atoms with van der Waals surface area (Å²) in [6.45, 7) is 9.38. The molecule has 0 saturated carbocycles. The number of aryl methyl sites for hydroxylation is 1. The largest absolute Gasteiger partial charge is 0.356 e. The molecule has 0 atom stereocenters. The second-order valence-corrected chi connectivity index (χ2v) is 7.25. The molecule has 0 aliphatic heterocycles. The van der Waals surface area contributed by atoms with E-state index in [2.05, 4.69) is 65.8 Å². The maximum Gasteiger partial charge on any atom is 0.190 e. The van der Waals surface area contributed by atoms with Gasteiger partial charge in [-0.25, -0.2) is 0 Å². The number of rotatable bonds is 7. The number of aromatic nitrogens is 2. The Morgan fingerprint density at radius 2 is 1.84 bits per heavy atom. The molecule has 0 aliphatic rings. The summed E-state index contributed by atoms with van der Waals surface area (Å²) < 4.78 is 1.94. The Bertz CT molecular complexity index is 636. The molecule has 25 heavy (non-hydrogen) atoms. The summed E-state index contributed by atoms with van der Waals surface area (Å²) in [5.74, 6) is 0.853. The van der Waals surface area contributed by atoms with Crippen LogP contribution in [0, 0.1) is 0 Å². The average Bonchev–Trinajstić information content (AvgIpc) is 3.10. The molecule has 2 N–H and O–H groups in total. The van der Waals surface area contributed by atoms with Gasteiger partial charge in [0.2, 0.25) is 0 Å². The van der Waals surface area contributed by atoms with Crippen molar-refractivity contribution < 1.29 is 0 Å². The Kier molecular flexibility index (Phi) is 7.04. The first-order valence-electron chi connectivity index (χ1n) is 9.00. The average molecular weight is 342 g/mol. The van der Waals surface area contributed by atoms with Gasteiger partial charge in [0.05, 0.1) is 0 Å². The molecule has 5 nitrogen and oxygen atoms in total. The second kappa shape index (κ2) is 9.25. The zero-order chi connectivity index (χ0) is 18.1. The molecular weight excluding hydrogens is 310 g/mol. The minimum Gasteiger partial charge on any atom is -0.356 e. The van der Waals surface area contributed by atoms with E-state index in [1.54, 1.807) is 7.05 Å². The molecule has 0 fully saturated rings. The lowest BCUT2D eigenvalue weighted by Gasteiger charge is -2.19. The Morgan fingerprint density at radius 3 is 2.44 bits per heavy atom. The first-order valence-corrected chi connectivity index (χ1v) is 9.00. The van der Waals surface area contributed by atoms with Crippen LogP contribution >= 0.6 is 0 Å². The summed E-state index contributed by atoms with van der Waals surface area (Å²) in [6, 6.07) is 10.9. The predicted octanol–water partition coefficient (Wildman–Crippen LogP) is 2.98. The Balaban J connectivity index is 1.66. The van der Waals surface area contributed by atoms with E-state index < -0.39 is 0 Å². The van der Waals surface area contributed by atoms with Crippen molar-refractivity contribution in [2.24, 2.45) is 4.99 Å². The first kappa shape index (κ1) is 19.0. The maximum atomic E-state index is 4.27. The highest BCUT2D eigenvalue weighted by molar-refractivity contribution is 5.79. The molecule has 0 saturated heterocycles. The fraction of sp³-hybridized carbons (Fsp3) is 0.500. The minimum atomic E-state index is 0.207. The summed E-state index contributed by atoms with van der Waals surface area (Å²) in [5.41, 5.74) is 2.92. The molecular formula is C20H31N5. The van der Waals surface area contributed by atoms with Crippen molar-refractivity contribution in [2.45, 2.75) is 45.6 Å². The van der Waals surface area contributed by atoms with E-state index in [0.29, 0.717) is 0 Å². The van der Waals surface area contributed by atoms with E-state index >= 15 is 0 Å². The number of nitrogens with zero attached hydrogens (tertiary/aromatic N) is 3. The van der Waals surface area contributed by atoms with Crippen LogP contribution in [0.1, 0.15) is 38.3 Å². The molecule has 1 aromatic heterocycles. The smallest absolute Gasteiger partial charge is 0.190 e. The van der Waals surface area contributed by atoms with Gasteiger partial charge in [-0.3, -0.25) is 9.67 Å². The van der Waals surface area contributed by atoms with Gasteiger partial charge in [-0.2, -0.15) is 5.10 Å². The monoisotopic (exact) mass is 341 g/mol. The molecule has 0 spiro atoms. The lowest BCUT2D eigenvalue weighted by Crippen LogP contribution is -2.39. The highest BCUT2D eigenvalue weighted by atomic mass is 15.3. The van der Waals surface area contributed by atoms with Crippen LogP contribution in [0.3, 0.4) is 0 Å². The van der Waals surface area contributed by atoms with Crippen LogP contribution in [-0.4, -0.2) is 35.9 Å². The molecule has 1 heterocycles. The zero-order valence-corrected chi connectivity index (χ0v) is 15.9. The number of benzene rings is 1. The number of hydrogen-bond acceptors (Lipinski definition) is 2. The summed E-state index contributed by atoms with van der Waals surface area (Å²) in [4.78, 5) is 4.27. The molecule has 2 aromatic rings. The molecule has 0 radical (unpaired) electrons. The number of aliphatic imine (C=N–C) groups is 1. The van der Waals surface area contributed by atoms with E-state index in [4.69, 9.17) is 0 Å². The maximum absolute atomic E-state index is 4.27. The van der Waals surface area contributed by atoms with Gasteiger partial charge in [-0.05, 0) is 35.4 Å². The van der Waals surface area contributed by atoms with E-state index in [-0.39, 0.29) is 5.41 Å². The van der Waals surface area contributed by atoms with Crippen molar-refractivity contribution in [1.29, 1.82) is 0 Å². The zero-order valence-electron chi connectivity index (χ0n) is 15.9. The lowest BCUT2D eigenvalue weighted by molar-refractivity contribution is 0.570. The van der Waals surface area contributed by atoms with Crippen LogP contribution in [-0.2, 0) is 18.4 Å². The predicted molar refractivity (Wildman–Crippen MR) is 105 cm³/mol.